The van der Waals surface area contributed by atoms with Crippen molar-refractivity contribution in [1.82, 2.24) is 19.9 Å². The minimum Gasteiger partial charge on any atom is -0.339 e. The molecule has 1 aliphatic rings. The van der Waals surface area contributed by atoms with Gasteiger partial charge in [-0.15, -0.1) is 0 Å². The molecule has 1 fully saturated rings. The Bertz CT molecular complexity index is 487. The maximum atomic E-state index is 6.17. The third kappa shape index (κ3) is 1.24. The van der Waals surface area contributed by atoms with Gasteiger partial charge in [0, 0.05) is 11.5 Å². The van der Waals surface area contributed by atoms with E-state index in [9.17, 15) is 0 Å². The number of H-pyrrole nitrogens is 1. The fourth-order valence-electron chi connectivity index (χ4n) is 2.52. The Kier molecular flexibility index (Phi) is 1.97. The molecule has 3 N–H and O–H groups in total. The van der Waals surface area contributed by atoms with Crippen LogP contribution in [0.3, 0.4) is 0 Å². The summed E-state index contributed by atoms with van der Waals surface area (Å²) in [6, 6.07) is 0.182. The first-order valence-electron chi connectivity index (χ1n) is 5.62. The van der Waals surface area contributed by atoms with Crippen LogP contribution in [0.15, 0.2) is 12.5 Å². The van der Waals surface area contributed by atoms with Gasteiger partial charge in [-0.25, -0.2) is 15.0 Å². The van der Waals surface area contributed by atoms with E-state index in [1.54, 1.807) is 6.20 Å². The monoisotopic (exact) mass is 217 g/mol. The van der Waals surface area contributed by atoms with Crippen LogP contribution in [0.5, 0.6) is 0 Å². The van der Waals surface area contributed by atoms with Crippen LogP contribution in [0.1, 0.15) is 32.0 Å². The molecule has 5 nitrogen and oxygen atoms in total. The molecule has 2 aromatic rings. The van der Waals surface area contributed by atoms with E-state index in [-0.39, 0.29) is 11.5 Å². The van der Waals surface area contributed by atoms with Crippen molar-refractivity contribution < 1.29 is 0 Å². The van der Waals surface area contributed by atoms with E-state index in [4.69, 9.17) is 5.73 Å². The number of nitrogens with zero attached hydrogens (tertiary/aromatic N) is 3. The normalized spacial score (nSPS) is 30.0. The number of rotatable bonds is 1. The molecule has 1 saturated carbocycles. The Morgan fingerprint density at radius 1 is 1.56 bits per heavy atom. The fourth-order valence-corrected chi connectivity index (χ4v) is 2.52. The van der Waals surface area contributed by atoms with Gasteiger partial charge < -0.3 is 10.7 Å². The first-order valence-corrected chi connectivity index (χ1v) is 5.62. The van der Waals surface area contributed by atoms with Gasteiger partial charge >= 0.3 is 0 Å². The van der Waals surface area contributed by atoms with E-state index in [1.165, 1.54) is 12.7 Å². The molecule has 3 rings (SSSR count). The average molecular weight is 217 g/mol. The van der Waals surface area contributed by atoms with Crippen LogP contribution in [0, 0.1) is 0 Å². The second-order valence-electron chi connectivity index (χ2n) is 4.76. The van der Waals surface area contributed by atoms with Gasteiger partial charge in [-0.05, 0) is 12.8 Å². The Morgan fingerprint density at radius 3 is 3.12 bits per heavy atom. The lowest BCUT2D eigenvalue weighted by Crippen LogP contribution is -2.39. The second-order valence-corrected chi connectivity index (χ2v) is 4.76. The lowest BCUT2D eigenvalue weighted by atomic mass is 9.84. The zero-order chi connectivity index (χ0) is 11.2. The summed E-state index contributed by atoms with van der Waals surface area (Å²) in [4.78, 5) is 15.9. The molecule has 0 bridgehead atoms. The molecule has 1 aliphatic carbocycles. The van der Waals surface area contributed by atoms with Crippen LogP contribution in [-0.2, 0) is 5.41 Å². The maximum Gasteiger partial charge on any atom is 0.180 e. The summed E-state index contributed by atoms with van der Waals surface area (Å²) in [7, 11) is 0. The third-order valence-electron chi connectivity index (χ3n) is 3.73. The predicted octanol–water partition coefficient (Wildman–Crippen LogP) is 1.12. The van der Waals surface area contributed by atoms with E-state index in [0.717, 1.165) is 29.8 Å². The van der Waals surface area contributed by atoms with Gasteiger partial charge in [-0.1, -0.05) is 13.3 Å². The highest BCUT2D eigenvalue weighted by molar-refractivity contribution is 5.69. The quantitative estimate of drug-likeness (QED) is 0.750. The molecule has 2 aromatic heterocycles. The number of nitrogens with one attached hydrogen (secondary N) is 1. The molecule has 2 atom stereocenters. The van der Waals surface area contributed by atoms with Gasteiger partial charge in [0.2, 0.25) is 0 Å². The molecule has 2 unspecified atom stereocenters. The first kappa shape index (κ1) is 9.72. The number of hydrogen-bond acceptors (Lipinski definition) is 4. The number of aromatic amines is 1. The molecule has 0 aliphatic heterocycles. The van der Waals surface area contributed by atoms with Crippen molar-refractivity contribution in [2.75, 3.05) is 0 Å². The van der Waals surface area contributed by atoms with Crippen LogP contribution < -0.4 is 5.73 Å². The molecule has 0 radical (unpaired) electrons. The standard InChI is InChI=1S/C11H15N5/c1-11(4-2-3-8(11)12)10-15-7-5-13-6-14-9(7)16-10/h5-6,8H,2-4,12H2,1H3,(H,13,14,15,16). The molecular weight excluding hydrogens is 202 g/mol. The highest BCUT2D eigenvalue weighted by Gasteiger charge is 2.40. The number of fused-ring (bicyclic) bond motifs is 1. The number of nitrogens with two attached hydrogens (primary N) is 1. The van der Waals surface area contributed by atoms with Crippen molar-refractivity contribution in [3.8, 4) is 0 Å². The summed E-state index contributed by atoms with van der Waals surface area (Å²) in [5.41, 5.74) is 7.74. The summed E-state index contributed by atoms with van der Waals surface area (Å²) < 4.78 is 0. The minimum absolute atomic E-state index is 0.0410. The van der Waals surface area contributed by atoms with Crippen molar-refractivity contribution in [3.63, 3.8) is 0 Å². The van der Waals surface area contributed by atoms with Gasteiger partial charge in [0.15, 0.2) is 5.65 Å². The molecule has 16 heavy (non-hydrogen) atoms. The smallest absolute Gasteiger partial charge is 0.180 e. The van der Waals surface area contributed by atoms with Crippen LogP contribution >= 0.6 is 0 Å². The number of hydrogen-bond donors (Lipinski definition) is 2. The van der Waals surface area contributed by atoms with Gasteiger partial charge in [0.1, 0.15) is 17.7 Å². The van der Waals surface area contributed by atoms with Crippen molar-refractivity contribution in [2.24, 2.45) is 5.73 Å². The van der Waals surface area contributed by atoms with Gasteiger partial charge in [-0.3, -0.25) is 0 Å². The van der Waals surface area contributed by atoms with E-state index >= 15 is 0 Å². The zero-order valence-corrected chi connectivity index (χ0v) is 9.27. The van der Waals surface area contributed by atoms with Crippen molar-refractivity contribution in [3.05, 3.63) is 18.3 Å². The summed E-state index contributed by atoms with van der Waals surface area (Å²) in [6.07, 6.45) is 6.59. The fraction of sp³-hybridized carbons (Fsp3) is 0.545. The number of imidazole rings is 1. The van der Waals surface area contributed by atoms with Crippen molar-refractivity contribution in [2.45, 2.75) is 37.6 Å². The lowest BCUT2D eigenvalue weighted by molar-refractivity contribution is 0.409. The molecule has 0 saturated heterocycles. The van der Waals surface area contributed by atoms with Crippen molar-refractivity contribution in [1.29, 1.82) is 0 Å². The molecular formula is C11H15N5. The average Bonchev–Trinajstić information content (AvgIpc) is 2.84. The van der Waals surface area contributed by atoms with Crippen molar-refractivity contribution >= 4 is 11.2 Å². The van der Waals surface area contributed by atoms with Crippen LogP contribution in [0.4, 0.5) is 0 Å². The topological polar surface area (TPSA) is 80.5 Å². The largest absolute Gasteiger partial charge is 0.339 e. The van der Waals surface area contributed by atoms with E-state index in [0.29, 0.717) is 0 Å². The number of aromatic nitrogens is 4. The third-order valence-corrected chi connectivity index (χ3v) is 3.73. The Morgan fingerprint density at radius 2 is 2.44 bits per heavy atom. The highest BCUT2D eigenvalue weighted by Crippen LogP contribution is 2.38. The lowest BCUT2D eigenvalue weighted by Gasteiger charge is -2.26. The van der Waals surface area contributed by atoms with Crippen LogP contribution in [0.25, 0.3) is 11.2 Å². The second kappa shape index (κ2) is 3.25. The van der Waals surface area contributed by atoms with Crippen LogP contribution in [0.2, 0.25) is 0 Å². The summed E-state index contributed by atoms with van der Waals surface area (Å²) in [5.74, 6) is 0.952. The molecule has 5 heteroatoms. The van der Waals surface area contributed by atoms with Gasteiger partial charge in [0.25, 0.3) is 0 Å². The highest BCUT2D eigenvalue weighted by atomic mass is 15.0. The molecule has 0 spiro atoms. The summed E-state index contributed by atoms with van der Waals surface area (Å²) in [6.45, 7) is 2.18. The summed E-state index contributed by atoms with van der Waals surface area (Å²) in [5, 5.41) is 0. The summed E-state index contributed by atoms with van der Waals surface area (Å²) >= 11 is 0. The molecule has 0 amide bonds. The Balaban J connectivity index is 2.12. The Labute approximate surface area is 93.5 Å². The minimum atomic E-state index is -0.0410. The first-order chi connectivity index (χ1) is 7.70. The maximum absolute atomic E-state index is 6.17. The van der Waals surface area contributed by atoms with E-state index in [1.807, 2.05) is 0 Å². The van der Waals surface area contributed by atoms with Gasteiger partial charge in [-0.2, -0.15) is 0 Å². The molecule has 0 aromatic carbocycles. The molecule has 84 valence electrons. The SMILES string of the molecule is CC1(c2nc3ncncc3[nH]2)CCCC1N. The van der Waals surface area contributed by atoms with Gasteiger partial charge in [0.05, 0.1) is 6.20 Å². The molecule has 2 heterocycles. The van der Waals surface area contributed by atoms with Crippen LogP contribution in [-0.4, -0.2) is 26.0 Å². The Hall–Kier alpha value is -1.49. The zero-order valence-electron chi connectivity index (χ0n) is 9.27. The van der Waals surface area contributed by atoms with E-state index < -0.39 is 0 Å². The van der Waals surface area contributed by atoms with E-state index in [2.05, 4.69) is 26.9 Å². The predicted molar refractivity (Wildman–Crippen MR) is 60.9 cm³/mol.